The highest BCUT2D eigenvalue weighted by Crippen LogP contribution is 2.34. The van der Waals surface area contributed by atoms with Crippen LogP contribution in [0.25, 0.3) is 20.4 Å². The molecule has 0 atom stereocenters. The van der Waals surface area contributed by atoms with E-state index in [4.69, 9.17) is 0 Å². The third kappa shape index (κ3) is 6.04. The largest absolute Gasteiger partial charge is 0.287 e. The van der Waals surface area contributed by atoms with Crippen molar-refractivity contribution in [3.63, 3.8) is 0 Å². The van der Waals surface area contributed by atoms with E-state index in [2.05, 4.69) is 9.97 Å². The van der Waals surface area contributed by atoms with Crippen LogP contribution >= 0.6 is 46.2 Å². The summed E-state index contributed by atoms with van der Waals surface area (Å²) in [5.41, 5.74) is 1.21. The lowest BCUT2D eigenvalue weighted by Crippen LogP contribution is -1.97. The van der Waals surface area contributed by atoms with E-state index < -0.39 is 19.7 Å². The van der Waals surface area contributed by atoms with Crippen LogP contribution in [-0.2, 0) is 29.3 Å². The quantitative estimate of drug-likeness (QED) is 0.293. The number of nitrogens with zero attached hydrogens (tertiary/aromatic N) is 2. The molecule has 0 aliphatic rings. The van der Waals surface area contributed by atoms with Crippen molar-refractivity contribution in [2.75, 3.05) is 12.5 Å². The molecule has 0 spiro atoms. The molecule has 0 amide bonds. The van der Waals surface area contributed by atoms with E-state index in [1.54, 1.807) is 12.1 Å². The summed E-state index contributed by atoms with van der Waals surface area (Å²) >= 11 is 4.30. The van der Waals surface area contributed by atoms with Crippen molar-refractivity contribution in [1.82, 2.24) is 9.97 Å². The number of hydrogen-bond acceptors (Lipinski definition) is 12. The minimum Gasteiger partial charge on any atom is -0.287 e. The molecule has 0 fully saturated rings. The molecule has 4 aromatic rings. The van der Waals surface area contributed by atoms with E-state index in [1.807, 2.05) is 0 Å². The number of fused-ring (bicyclic) bond motifs is 2. The van der Waals surface area contributed by atoms with Crippen molar-refractivity contribution >= 4 is 96.5 Å². The maximum Gasteiger partial charge on any atom is 0.196 e. The molecule has 178 valence electrons. The minimum atomic E-state index is -3.34. The average Bonchev–Trinajstić information content (AvgIpc) is 3.32. The molecule has 0 saturated heterocycles. The van der Waals surface area contributed by atoms with Crippen molar-refractivity contribution in [3.05, 3.63) is 36.4 Å². The van der Waals surface area contributed by atoms with Gasteiger partial charge in [0.15, 0.2) is 38.6 Å². The van der Waals surface area contributed by atoms with E-state index in [0.717, 1.165) is 36.0 Å². The topological polar surface area (TPSA) is 128 Å². The van der Waals surface area contributed by atoms with Crippen molar-refractivity contribution in [2.45, 2.75) is 31.3 Å². The Labute approximate surface area is 212 Å². The van der Waals surface area contributed by atoms with Crippen LogP contribution in [0.3, 0.4) is 0 Å². The van der Waals surface area contributed by atoms with Gasteiger partial charge in [0, 0.05) is 25.4 Å². The maximum absolute atomic E-state index is 12.3. The molecular weight excluding hydrogens is 557 g/mol. The van der Waals surface area contributed by atoms with Gasteiger partial charge in [-0.25, -0.2) is 26.8 Å². The number of thiazole rings is 2. The van der Waals surface area contributed by atoms with Gasteiger partial charge >= 0.3 is 0 Å². The molecule has 0 N–H and O–H groups in total. The molecule has 2 aromatic heterocycles. The average molecular weight is 573 g/mol. The van der Waals surface area contributed by atoms with E-state index >= 15 is 0 Å². The Kier molecular flexibility index (Phi) is 7.18. The first-order valence-electron chi connectivity index (χ1n) is 9.51. The molecule has 4 rings (SSSR count). The Morgan fingerprint density at radius 2 is 1.12 bits per heavy atom. The van der Waals surface area contributed by atoms with Crippen LogP contribution in [0.4, 0.5) is 0 Å². The minimum absolute atomic E-state index is 0.0180. The number of benzene rings is 2. The van der Waals surface area contributed by atoms with Gasteiger partial charge in [-0.15, -0.1) is 22.7 Å². The zero-order valence-electron chi connectivity index (χ0n) is 17.7. The number of sulfone groups is 2. The summed E-state index contributed by atoms with van der Waals surface area (Å²) in [6, 6.07) is 9.24. The fourth-order valence-corrected chi connectivity index (χ4v) is 8.25. The molecule has 34 heavy (non-hydrogen) atoms. The second-order valence-electron chi connectivity index (χ2n) is 7.21. The van der Waals surface area contributed by atoms with Gasteiger partial charge < -0.3 is 0 Å². The summed E-state index contributed by atoms with van der Waals surface area (Å²) in [6.07, 6.45) is 2.30. The first kappa shape index (κ1) is 25.3. The molecule has 8 nitrogen and oxygen atoms in total. The lowest BCUT2D eigenvalue weighted by atomic mass is 10.3. The van der Waals surface area contributed by atoms with Crippen molar-refractivity contribution in [1.29, 1.82) is 0 Å². The van der Waals surface area contributed by atoms with E-state index in [9.17, 15) is 26.4 Å². The van der Waals surface area contributed by atoms with Gasteiger partial charge in [0.2, 0.25) is 0 Å². The number of hydrogen-bond donors (Lipinski definition) is 0. The van der Waals surface area contributed by atoms with Gasteiger partial charge in [-0.05, 0) is 59.9 Å². The van der Waals surface area contributed by atoms with Crippen LogP contribution < -0.4 is 0 Å². The van der Waals surface area contributed by atoms with E-state index in [1.165, 1.54) is 46.9 Å². The fraction of sp³-hybridized carbons (Fsp3) is 0.200. The lowest BCUT2D eigenvalue weighted by molar-refractivity contribution is -0.115. The normalized spacial score (nSPS) is 12.4. The second-order valence-corrected chi connectivity index (χ2v) is 15.9. The van der Waals surface area contributed by atoms with Gasteiger partial charge in [0.1, 0.15) is 0 Å². The summed E-state index contributed by atoms with van der Waals surface area (Å²) in [6.45, 7) is 0. The van der Waals surface area contributed by atoms with Crippen molar-refractivity contribution in [3.8, 4) is 0 Å². The summed E-state index contributed by atoms with van der Waals surface area (Å²) in [5.74, 6) is 0. The first-order valence-corrected chi connectivity index (χ1v) is 16.6. The van der Waals surface area contributed by atoms with Crippen molar-refractivity contribution < 1.29 is 26.4 Å². The number of thioether (sulfide) groups is 2. The van der Waals surface area contributed by atoms with Gasteiger partial charge in [-0.2, -0.15) is 0 Å². The standard InChI is InChI=1S/C20H16N2O6S6/c1-33(25,26)11-3-5-13-15(9-11)29-19(21-13)31-17(23)7-8-18(24)32-20-22-14-6-4-12(34(2,27)28)10-16(14)30-20/h3-6,9-10H,7-8H2,1-2H3. The van der Waals surface area contributed by atoms with Crippen LogP contribution in [0.5, 0.6) is 0 Å². The predicted octanol–water partition coefficient (Wildman–Crippen LogP) is 4.43. The highest BCUT2D eigenvalue weighted by Gasteiger charge is 2.17. The SMILES string of the molecule is CS(=O)(=O)c1ccc2nc(SC(=O)CCC(=O)Sc3nc4ccc(S(C)(=O)=O)cc4s3)sc2c1. The molecule has 0 aliphatic carbocycles. The zero-order chi connectivity index (χ0) is 24.7. The zero-order valence-corrected chi connectivity index (χ0v) is 22.6. The molecular formula is C20H16N2O6S6. The Hall–Kier alpha value is -1.84. The van der Waals surface area contributed by atoms with Gasteiger partial charge in [-0.3, -0.25) is 9.59 Å². The van der Waals surface area contributed by atoms with Crippen LogP contribution in [0.1, 0.15) is 12.8 Å². The third-order valence-corrected chi connectivity index (χ3v) is 10.7. The molecule has 14 heteroatoms. The lowest BCUT2D eigenvalue weighted by Gasteiger charge is -1.97. The van der Waals surface area contributed by atoms with Crippen LogP contribution in [0, 0.1) is 0 Å². The summed E-state index contributed by atoms with van der Waals surface area (Å²) in [4.78, 5) is 33.8. The molecule has 0 aliphatic heterocycles. The Morgan fingerprint density at radius 1 is 0.735 bits per heavy atom. The highest BCUT2D eigenvalue weighted by molar-refractivity contribution is 8.15. The van der Waals surface area contributed by atoms with Crippen LogP contribution in [0.15, 0.2) is 54.9 Å². The summed E-state index contributed by atoms with van der Waals surface area (Å²) in [5, 5.41) is -0.447. The smallest absolute Gasteiger partial charge is 0.196 e. The third-order valence-electron chi connectivity index (χ3n) is 4.47. The highest BCUT2D eigenvalue weighted by atomic mass is 32.2. The first-order chi connectivity index (χ1) is 15.9. The van der Waals surface area contributed by atoms with Crippen molar-refractivity contribution in [2.24, 2.45) is 0 Å². The van der Waals surface area contributed by atoms with Gasteiger partial charge in [-0.1, -0.05) is 0 Å². The van der Waals surface area contributed by atoms with Gasteiger partial charge in [0.25, 0.3) is 0 Å². The molecule has 0 bridgehead atoms. The summed E-state index contributed by atoms with van der Waals surface area (Å²) in [7, 11) is -6.67. The van der Waals surface area contributed by atoms with E-state index in [0.29, 0.717) is 29.1 Å². The monoisotopic (exact) mass is 572 g/mol. The second kappa shape index (κ2) is 9.66. The molecule has 0 unspecified atom stereocenters. The fourth-order valence-electron chi connectivity index (χ4n) is 2.82. The molecule has 2 heterocycles. The van der Waals surface area contributed by atoms with Crippen LogP contribution in [-0.4, -0.2) is 49.5 Å². The van der Waals surface area contributed by atoms with Gasteiger partial charge in [0.05, 0.1) is 30.2 Å². The Morgan fingerprint density at radius 3 is 1.47 bits per heavy atom. The Bertz CT molecular complexity index is 1530. The maximum atomic E-state index is 12.3. The molecule has 0 saturated carbocycles. The number of carbonyl (C=O) groups excluding carboxylic acids is 2. The molecule has 0 radical (unpaired) electrons. The Balaban J connectivity index is 1.35. The number of aromatic nitrogens is 2. The number of rotatable bonds is 7. The number of carbonyl (C=O) groups is 2. The predicted molar refractivity (Wildman–Crippen MR) is 136 cm³/mol. The molecule has 2 aromatic carbocycles. The summed E-state index contributed by atoms with van der Waals surface area (Å²) < 4.78 is 49.1. The van der Waals surface area contributed by atoms with E-state index in [-0.39, 0.29) is 32.9 Å². The van der Waals surface area contributed by atoms with Crippen LogP contribution in [0.2, 0.25) is 0 Å².